The summed E-state index contributed by atoms with van der Waals surface area (Å²) in [6, 6.07) is 12.6. The van der Waals surface area contributed by atoms with Crippen molar-refractivity contribution in [1.82, 2.24) is 9.97 Å². The smallest absolute Gasteiger partial charge is 0.338 e. The summed E-state index contributed by atoms with van der Waals surface area (Å²) in [6.07, 6.45) is 2.92. The highest BCUT2D eigenvalue weighted by Crippen LogP contribution is 2.20. The number of esters is 1. The molecule has 6 heteroatoms. The Morgan fingerprint density at radius 2 is 1.89 bits per heavy atom. The average molecular weight is 377 g/mol. The van der Waals surface area contributed by atoms with Crippen LogP contribution >= 0.6 is 0 Å². The average Bonchev–Trinajstić information content (AvgIpc) is 3.24. The molecular formula is C22H23N3O3. The molecule has 1 amide bonds. The van der Waals surface area contributed by atoms with Crippen molar-refractivity contribution in [3.8, 4) is 11.4 Å². The first kappa shape index (κ1) is 19.4. The molecule has 0 fully saturated rings. The van der Waals surface area contributed by atoms with Crippen molar-refractivity contribution in [1.29, 1.82) is 0 Å². The van der Waals surface area contributed by atoms with Crippen LogP contribution in [0.2, 0.25) is 0 Å². The van der Waals surface area contributed by atoms with Crippen LogP contribution in [0.15, 0.2) is 54.9 Å². The molecule has 1 unspecified atom stereocenters. The minimum Gasteiger partial charge on any atom is -0.449 e. The van der Waals surface area contributed by atoms with Gasteiger partial charge in [0, 0.05) is 23.6 Å². The molecule has 0 aliphatic heterocycles. The highest BCUT2D eigenvalue weighted by molar-refractivity contribution is 5.98. The zero-order valence-electron chi connectivity index (χ0n) is 16.2. The molecule has 0 radical (unpaired) electrons. The van der Waals surface area contributed by atoms with Gasteiger partial charge in [0.25, 0.3) is 5.91 Å². The van der Waals surface area contributed by atoms with Gasteiger partial charge in [-0.3, -0.25) is 4.79 Å². The second kappa shape index (κ2) is 8.52. The molecule has 1 atom stereocenters. The maximum Gasteiger partial charge on any atom is 0.338 e. The third-order valence-corrected chi connectivity index (χ3v) is 4.67. The molecule has 0 aliphatic rings. The van der Waals surface area contributed by atoms with Gasteiger partial charge in [0.15, 0.2) is 6.10 Å². The van der Waals surface area contributed by atoms with Gasteiger partial charge in [-0.2, -0.15) is 0 Å². The Kier molecular flexibility index (Phi) is 5.89. The summed E-state index contributed by atoms with van der Waals surface area (Å²) in [6.45, 7) is 5.73. The van der Waals surface area contributed by atoms with Crippen molar-refractivity contribution in [2.45, 2.75) is 33.3 Å². The van der Waals surface area contributed by atoms with Gasteiger partial charge in [0.2, 0.25) is 0 Å². The van der Waals surface area contributed by atoms with Crippen LogP contribution in [-0.2, 0) is 9.53 Å². The predicted molar refractivity (Wildman–Crippen MR) is 108 cm³/mol. The Morgan fingerprint density at radius 3 is 2.54 bits per heavy atom. The lowest BCUT2D eigenvalue weighted by molar-refractivity contribution is -0.124. The summed E-state index contributed by atoms with van der Waals surface area (Å²) in [5, 5.41) is 2.86. The number of hydrogen-bond acceptors (Lipinski definition) is 4. The van der Waals surface area contributed by atoms with E-state index < -0.39 is 12.1 Å². The van der Waals surface area contributed by atoms with Gasteiger partial charge in [-0.1, -0.05) is 31.2 Å². The number of nitrogens with zero attached hydrogens (tertiary/aromatic N) is 1. The van der Waals surface area contributed by atoms with Crippen molar-refractivity contribution in [2.24, 2.45) is 0 Å². The zero-order chi connectivity index (χ0) is 20.1. The minimum absolute atomic E-state index is 0.336. The maximum absolute atomic E-state index is 12.6. The number of rotatable bonds is 6. The van der Waals surface area contributed by atoms with Crippen LogP contribution < -0.4 is 5.32 Å². The highest BCUT2D eigenvalue weighted by atomic mass is 16.5. The van der Waals surface area contributed by atoms with E-state index in [1.165, 1.54) is 0 Å². The van der Waals surface area contributed by atoms with Crippen molar-refractivity contribution >= 4 is 17.6 Å². The lowest BCUT2D eigenvalue weighted by atomic mass is 10.1. The monoisotopic (exact) mass is 377 g/mol. The predicted octanol–water partition coefficient (Wildman–Crippen LogP) is 4.27. The van der Waals surface area contributed by atoms with Crippen LogP contribution in [0.5, 0.6) is 0 Å². The van der Waals surface area contributed by atoms with Gasteiger partial charge in [-0.15, -0.1) is 0 Å². The molecule has 0 saturated heterocycles. The van der Waals surface area contributed by atoms with E-state index in [1.807, 2.05) is 32.0 Å². The number of amides is 1. The van der Waals surface area contributed by atoms with E-state index >= 15 is 0 Å². The standard InChI is InChI=1S/C22H23N3O3/c1-4-19(21(26)25-18-7-5-6-14(2)15(18)3)28-22(27)17-10-8-16(9-11-17)20-23-12-13-24-20/h5-13,19H,4H2,1-3H3,(H,23,24)(H,25,26). The quantitative estimate of drug-likeness (QED) is 0.629. The summed E-state index contributed by atoms with van der Waals surface area (Å²) < 4.78 is 5.45. The number of benzene rings is 2. The molecule has 28 heavy (non-hydrogen) atoms. The largest absolute Gasteiger partial charge is 0.449 e. The summed E-state index contributed by atoms with van der Waals surface area (Å²) in [5.41, 5.74) is 4.04. The van der Waals surface area contributed by atoms with Gasteiger partial charge in [0.1, 0.15) is 5.82 Å². The number of aromatic amines is 1. The molecule has 1 heterocycles. The van der Waals surface area contributed by atoms with E-state index in [0.29, 0.717) is 12.0 Å². The number of hydrogen-bond donors (Lipinski definition) is 2. The summed E-state index contributed by atoms with van der Waals surface area (Å²) in [7, 11) is 0. The molecule has 6 nitrogen and oxygen atoms in total. The van der Waals surface area contributed by atoms with Crippen molar-refractivity contribution in [2.75, 3.05) is 5.32 Å². The third kappa shape index (κ3) is 4.28. The second-order valence-electron chi connectivity index (χ2n) is 6.55. The fourth-order valence-electron chi connectivity index (χ4n) is 2.81. The van der Waals surface area contributed by atoms with Crippen LogP contribution in [0, 0.1) is 13.8 Å². The summed E-state index contributed by atoms with van der Waals surface area (Å²) in [4.78, 5) is 32.2. The first-order valence-electron chi connectivity index (χ1n) is 9.17. The SMILES string of the molecule is CCC(OC(=O)c1ccc(-c2ncc[nH]2)cc1)C(=O)Nc1cccc(C)c1C. The van der Waals surface area contributed by atoms with E-state index in [1.54, 1.807) is 43.6 Å². The van der Waals surface area contributed by atoms with Crippen LogP contribution in [0.3, 0.4) is 0 Å². The molecule has 0 bridgehead atoms. The Bertz CT molecular complexity index is 963. The number of anilines is 1. The number of carbonyl (C=O) groups excluding carboxylic acids is 2. The summed E-state index contributed by atoms with van der Waals surface area (Å²) >= 11 is 0. The van der Waals surface area contributed by atoms with Crippen LogP contribution in [0.1, 0.15) is 34.8 Å². The Hall–Kier alpha value is -3.41. The van der Waals surface area contributed by atoms with Crippen LogP contribution in [-0.4, -0.2) is 27.9 Å². The molecule has 0 aliphatic carbocycles. The lowest BCUT2D eigenvalue weighted by Crippen LogP contribution is -2.32. The highest BCUT2D eigenvalue weighted by Gasteiger charge is 2.22. The number of imidazole rings is 1. The number of carbonyl (C=O) groups is 2. The molecular weight excluding hydrogens is 354 g/mol. The molecule has 3 rings (SSSR count). The van der Waals surface area contributed by atoms with Crippen molar-refractivity contribution < 1.29 is 14.3 Å². The topological polar surface area (TPSA) is 84.1 Å². The maximum atomic E-state index is 12.6. The van der Waals surface area contributed by atoms with Crippen molar-refractivity contribution in [3.05, 3.63) is 71.5 Å². The second-order valence-corrected chi connectivity index (χ2v) is 6.55. The molecule has 3 aromatic rings. The molecule has 2 aromatic carbocycles. The number of nitrogens with one attached hydrogen (secondary N) is 2. The molecule has 0 saturated carbocycles. The Balaban J connectivity index is 1.67. The first-order valence-corrected chi connectivity index (χ1v) is 9.17. The summed E-state index contributed by atoms with van der Waals surface area (Å²) in [5.74, 6) is -0.148. The fourth-order valence-corrected chi connectivity index (χ4v) is 2.81. The van der Waals surface area contributed by atoms with Gasteiger partial charge in [0.05, 0.1) is 5.56 Å². The molecule has 144 valence electrons. The molecule has 1 aromatic heterocycles. The Morgan fingerprint density at radius 1 is 1.14 bits per heavy atom. The zero-order valence-corrected chi connectivity index (χ0v) is 16.2. The first-order chi connectivity index (χ1) is 13.5. The van der Waals surface area contributed by atoms with Gasteiger partial charge in [-0.25, -0.2) is 9.78 Å². The Labute approximate surface area is 164 Å². The van der Waals surface area contributed by atoms with E-state index in [9.17, 15) is 9.59 Å². The van der Waals surface area contributed by atoms with E-state index in [4.69, 9.17) is 4.74 Å². The lowest BCUT2D eigenvalue weighted by Gasteiger charge is -2.17. The van der Waals surface area contributed by atoms with Crippen LogP contribution in [0.4, 0.5) is 5.69 Å². The van der Waals surface area contributed by atoms with Gasteiger partial charge >= 0.3 is 5.97 Å². The third-order valence-electron chi connectivity index (χ3n) is 4.67. The molecule has 0 spiro atoms. The van der Waals surface area contributed by atoms with Gasteiger partial charge in [-0.05, 0) is 49.6 Å². The fraction of sp³-hybridized carbons (Fsp3) is 0.227. The van der Waals surface area contributed by atoms with E-state index in [0.717, 1.165) is 28.2 Å². The normalized spacial score (nSPS) is 11.7. The van der Waals surface area contributed by atoms with Gasteiger partial charge < -0.3 is 15.0 Å². The van der Waals surface area contributed by atoms with E-state index in [-0.39, 0.29) is 5.91 Å². The molecule has 2 N–H and O–H groups in total. The number of ether oxygens (including phenoxy) is 1. The minimum atomic E-state index is -0.864. The van der Waals surface area contributed by atoms with Crippen LogP contribution in [0.25, 0.3) is 11.4 Å². The number of aryl methyl sites for hydroxylation is 1. The van der Waals surface area contributed by atoms with E-state index in [2.05, 4.69) is 15.3 Å². The van der Waals surface area contributed by atoms with Crippen molar-refractivity contribution in [3.63, 3.8) is 0 Å². The number of H-pyrrole nitrogens is 1. The number of aromatic nitrogens is 2.